The van der Waals surface area contributed by atoms with Gasteiger partial charge in [-0.1, -0.05) is 23.7 Å². The maximum Gasteiger partial charge on any atom is 0.249 e. The van der Waals surface area contributed by atoms with Crippen molar-refractivity contribution in [3.63, 3.8) is 0 Å². The highest BCUT2D eigenvalue weighted by Gasteiger charge is 2.31. The molecule has 1 heterocycles. The number of hydrogen-bond acceptors (Lipinski definition) is 3. The summed E-state index contributed by atoms with van der Waals surface area (Å²) in [6, 6.07) is 6.81. The number of halogens is 2. The number of nitrogens with one attached hydrogen (secondary N) is 2. The van der Waals surface area contributed by atoms with E-state index in [9.17, 15) is 9.59 Å². The van der Waals surface area contributed by atoms with Crippen LogP contribution < -0.4 is 15.5 Å². The van der Waals surface area contributed by atoms with E-state index in [1.165, 1.54) is 0 Å². The molecule has 1 unspecified atom stereocenters. The Kier molecular flexibility index (Phi) is 7.65. The van der Waals surface area contributed by atoms with Crippen molar-refractivity contribution in [2.24, 2.45) is 0 Å². The molecular weight excluding hydrogens is 325 g/mol. The van der Waals surface area contributed by atoms with Crippen LogP contribution in [0.25, 0.3) is 0 Å². The smallest absolute Gasteiger partial charge is 0.249 e. The Morgan fingerprint density at radius 2 is 2.14 bits per heavy atom. The third-order valence-corrected chi connectivity index (χ3v) is 3.84. The van der Waals surface area contributed by atoms with Crippen LogP contribution in [0, 0.1) is 0 Å². The Balaban J connectivity index is 0.00000242. The molecule has 0 aromatic heterocycles. The third kappa shape index (κ3) is 4.60. The summed E-state index contributed by atoms with van der Waals surface area (Å²) in [5, 5.41) is 6.27. The summed E-state index contributed by atoms with van der Waals surface area (Å²) in [6.07, 6.45) is 1.88. The van der Waals surface area contributed by atoms with Gasteiger partial charge < -0.3 is 15.5 Å². The Morgan fingerprint density at radius 1 is 1.41 bits per heavy atom. The van der Waals surface area contributed by atoms with Crippen molar-refractivity contribution in [1.82, 2.24) is 10.6 Å². The van der Waals surface area contributed by atoms with Crippen LogP contribution in [0.15, 0.2) is 24.3 Å². The summed E-state index contributed by atoms with van der Waals surface area (Å²) in [5.74, 6) is -0.198. The number of carbonyl (C=O) groups excluding carboxylic acids is 2. The van der Waals surface area contributed by atoms with E-state index < -0.39 is 6.04 Å². The van der Waals surface area contributed by atoms with Gasteiger partial charge in [0.15, 0.2) is 0 Å². The van der Waals surface area contributed by atoms with Crippen LogP contribution in [0.1, 0.15) is 19.3 Å². The van der Waals surface area contributed by atoms with E-state index in [-0.39, 0.29) is 24.2 Å². The van der Waals surface area contributed by atoms with E-state index in [0.717, 1.165) is 6.42 Å². The molecule has 122 valence electrons. The average molecular weight is 346 g/mol. The molecule has 0 spiro atoms. The van der Waals surface area contributed by atoms with Gasteiger partial charge in [0.25, 0.3) is 0 Å². The molecule has 1 saturated heterocycles. The fourth-order valence-electron chi connectivity index (χ4n) is 2.42. The second kappa shape index (κ2) is 8.98. The average Bonchev–Trinajstić information content (AvgIpc) is 2.48. The minimum absolute atomic E-state index is 0. The summed E-state index contributed by atoms with van der Waals surface area (Å²) in [5.41, 5.74) is 0.707. The normalized spacial score (nSPS) is 17.8. The lowest BCUT2D eigenvalue weighted by Gasteiger charge is -2.33. The number of para-hydroxylation sites is 1. The zero-order valence-corrected chi connectivity index (χ0v) is 14.0. The monoisotopic (exact) mass is 345 g/mol. The number of benzene rings is 1. The summed E-state index contributed by atoms with van der Waals surface area (Å²) < 4.78 is 0. The minimum atomic E-state index is -0.459. The van der Waals surface area contributed by atoms with Gasteiger partial charge in [-0.2, -0.15) is 0 Å². The van der Waals surface area contributed by atoms with E-state index in [4.69, 9.17) is 11.6 Å². The maximum absolute atomic E-state index is 12.5. The predicted octanol–water partition coefficient (Wildman–Crippen LogP) is 1.98. The van der Waals surface area contributed by atoms with E-state index in [2.05, 4.69) is 10.6 Å². The summed E-state index contributed by atoms with van der Waals surface area (Å²) >= 11 is 6.16. The van der Waals surface area contributed by atoms with Gasteiger partial charge in [-0.15, -0.1) is 12.4 Å². The highest BCUT2D eigenvalue weighted by atomic mass is 35.5. The molecule has 1 aliphatic heterocycles. The van der Waals surface area contributed by atoms with Crippen LogP contribution in [0.3, 0.4) is 0 Å². The van der Waals surface area contributed by atoms with Gasteiger partial charge >= 0.3 is 0 Å². The molecule has 0 radical (unpaired) electrons. The molecule has 0 bridgehead atoms. The highest BCUT2D eigenvalue weighted by molar-refractivity contribution is 6.33. The first-order chi connectivity index (χ1) is 10.1. The molecule has 2 rings (SSSR count). The molecule has 7 heteroatoms. The van der Waals surface area contributed by atoms with E-state index in [1.807, 2.05) is 18.2 Å². The highest BCUT2D eigenvalue weighted by Crippen LogP contribution is 2.28. The molecule has 1 aromatic carbocycles. The van der Waals surface area contributed by atoms with Crippen LogP contribution in [0.5, 0.6) is 0 Å². The van der Waals surface area contributed by atoms with Crippen molar-refractivity contribution >= 4 is 41.5 Å². The summed E-state index contributed by atoms with van der Waals surface area (Å²) in [6.45, 7) is 1.23. The maximum atomic E-state index is 12.5. The Morgan fingerprint density at radius 3 is 2.82 bits per heavy atom. The molecule has 2 amide bonds. The Labute approximate surface area is 141 Å². The summed E-state index contributed by atoms with van der Waals surface area (Å²) in [7, 11) is 1.79. The van der Waals surface area contributed by atoms with E-state index >= 15 is 0 Å². The fraction of sp³-hybridized carbons (Fsp3) is 0.467. The molecule has 1 aliphatic rings. The first-order valence-electron chi connectivity index (χ1n) is 7.13. The lowest BCUT2D eigenvalue weighted by Crippen LogP contribution is -2.52. The van der Waals surface area contributed by atoms with Crippen molar-refractivity contribution in [1.29, 1.82) is 0 Å². The fourth-order valence-corrected chi connectivity index (χ4v) is 2.66. The lowest BCUT2D eigenvalue weighted by molar-refractivity contribution is -0.128. The van der Waals surface area contributed by atoms with Gasteiger partial charge in [-0.25, -0.2) is 0 Å². The SMILES string of the molecule is CNCCC(=O)NC1CCCN(c2ccccc2Cl)C1=O.Cl. The number of amides is 2. The number of rotatable bonds is 5. The predicted molar refractivity (Wildman–Crippen MR) is 90.8 cm³/mol. The van der Waals surface area contributed by atoms with Crippen LogP contribution in [-0.4, -0.2) is 38.0 Å². The summed E-state index contributed by atoms with van der Waals surface area (Å²) in [4.78, 5) is 26.0. The molecule has 0 aliphatic carbocycles. The number of piperidine rings is 1. The van der Waals surface area contributed by atoms with E-state index in [0.29, 0.717) is 36.6 Å². The molecule has 1 fully saturated rings. The van der Waals surface area contributed by atoms with Crippen molar-refractivity contribution in [3.8, 4) is 0 Å². The van der Waals surface area contributed by atoms with Gasteiger partial charge in [-0.3, -0.25) is 9.59 Å². The molecule has 22 heavy (non-hydrogen) atoms. The zero-order chi connectivity index (χ0) is 15.2. The van der Waals surface area contributed by atoms with Crippen molar-refractivity contribution < 1.29 is 9.59 Å². The van der Waals surface area contributed by atoms with Crippen molar-refractivity contribution in [2.75, 3.05) is 25.0 Å². The molecule has 5 nitrogen and oxygen atoms in total. The van der Waals surface area contributed by atoms with Gasteiger partial charge in [0.1, 0.15) is 6.04 Å². The topological polar surface area (TPSA) is 61.4 Å². The van der Waals surface area contributed by atoms with Crippen molar-refractivity contribution in [2.45, 2.75) is 25.3 Å². The molecular formula is C15H21Cl2N3O2. The second-order valence-corrected chi connectivity index (χ2v) is 5.46. The Hall–Kier alpha value is -1.30. The van der Waals surface area contributed by atoms with Gasteiger partial charge in [0.2, 0.25) is 11.8 Å². The number of hydrogen-bond donors (Lipinski definition) is 2. The number of anilines is 1. The van der Waals surface area contributed by atoms with Crippen LogP contribution in [0.4, 0.5) is 5.69 Å². The molecule has 0 saturated carbocycles. The molecule has 2 N–H and O–H groups in total. The van der Waals surface area contributed by atoms with Crippen LogP contribution >= 0.6 is 24.0 Å². The zero-order valence-electron chi connectivity index (χ0n) is 12.5. The standard InChI is InChI=1S/C15H20ClN3O2.ClH/c1-17-9-8-14(20)18-12-6-4-10-19(15(12)21)13-7-3-2-5-11(13)16;/h2-3,5,7,12,17H,4,6,8-10H2,1H3,(H,18,20);1H. The Bertz CT molecular complexity index is 525. The third-order valence-electron chi connectivity index (χ3n) is 3.52. The van der Waals surface area contributed by atoms with Gasteiger partial charge in [0.05, 0.1) is 10.7 Å². The lowest BCUT2D eigenvalue weighted by atomic mass is 10.0. The second-order valence-electron chi connectivity index (χ2n) is 5.06. The number of carbonyl (C=O) groups is 2. The van der Waals surface area contributed by atoms with Crippen LogP contribution in [-0.2, 0) is 9.59 Å². The van der Waals surface area contributed by atoms with E-state index in [1.54, 1.807) is 18.0 Å². The van der Waals surface area contributed by atoms with Crippen molar-refractivity contribution in [3.05, 3.63) is 29.3 Å². The first-order valence-corrected chi connectivity index (χ1v) is 7.51. The first kappa shape index (κ1) is 18.7. The molecule has 1 aromatic rings. The number of nitrogens with zero attached hydrogens (tertiary/aromatic N) is 1. The largest absolute Gasteiger partial charge is 0.344 e. The van der Waals surface area contributed by atoms with Gasteiger partial charge in [-0.05, 0) is 32.0 Å². The van der Waals surface area contributed by atoms with Gasteiger partial charge in [0, 0.05) is 19.5 Å². The minimum Gasteiger partial charge on any atom is -0.344 e. The van der Waals surface area contributed by atoms with Crippen LogP contribution in [0.2, 0.25) is 5.02 Å². The molecule has 1 atom stereocenters. The quantitative estimate of drug-likeness (QED) is 0.857.